The molecule has 2 aromatic carbocycles. The number of hydrogen-bond acceptors (Lipinski definition) is 3. The van der Waals surface area contributed by atoms with Crippen LogP contribution in [0.1, 0.15) is 18.1 Å². The number of rotatable bonds is 2. The SMILES string of the molecule is CCc1cc(-c2ccc3c(C)cc(=O)oc3c2)ccc1N. The molecule has 0 saturated heterocycles. The third-order valence-corrected chi connectivity index (χ3v) is 3.81. The average Bonchev–Trinajstić information content (AvgIpc) is 2.47. The molecule has 0 atom stereocenters. The smallest absolute Gasteiger partial charge is 0.336 e. The van der Waals surface area contributed by atoms with Crippen molar-refractivity contribution >= 4 is 16.7 Å². The summed E-state index contributed by atoms with van der Waals surface area (Å²) < 4.78 is 5.30. The quantitative estimate of drug-likeness (QED) is 0.571. The van der Waals surface area contributed by atoms with Gasteiger partial charge in [0.05, 0.1) is 0 Å². The molecule has 0 spiro atoms. The third-order valence-electron chi connectivity index (χ3n) is 3.81. The van der Waals surface area contributed by atoms with Crippen molar-refractivity contribution in [3.63, 3.8) is 0 Å². The topological polar surface area (TPSA) is 56.2 Å². The number of fused-ring (bicyclic) bond motifs is 1. The Hall–Kier alpha value is -2.55. The number of nitrogen functional groups attached to an aromatic ring is 1. The van der Waals surface area contributed by atoms with E-state index in [1.165, 1.54) is 6.07 Å². The highest BCUT2D eigenvalue weighted by atomic mass is 16.4. The van der Waals surface area contributed by atoms with Crippen molar-refractivity contribution in [3.05, 3.63) is 64.0 Å². The molecule has 21 heavy (non-hydrogen) atoms. The molecular weight excluding hydrogens is 262 g/mol. The second kappa shape index (κ2) is 5.09. The Morgan fingerprint density at radius 1 is 1.05 bits per heavy atom. The summed E-state index contributed by atoms with van der Waals surface area (Å²) in [6.07, 6.45) is 0.890. The average molecular weight is 279 g/mol. The van der Waals surface area contributed by atoms with Gasteiger partial charge in [-0.25, -0.2) is 4.79 Å². The second-order valence-electron chi connectivity index (χ2n) is 5.23. The van der Waals surface area contributed by atoms with Crippen LogP contribution < -0.4 is 11.4 Å². The largest absolute Gasteiger partial charge is 0.423 e. The van der Waals surface area contributed by atoms with Crippen molar-refractivity contribution in [1.82, 2.24) is 0 Å². The van der Waals surface area contributed by atoms with Crippen LogP contribution in [0.25, 0.3) is 22.1 Å². The molecule has 0 amide bonds. The van der Waals surface area contributed by atoms with Crippen LogP contribution in [0.4, 0.5) is 5.69 Å². The summed E-state index contributed by atoms with van der Waals surface area (Å²) in [6, 6.07) is 13.5. The van der Waals surface area contributed by atoms with Gasteiger partial charge in [0, 0.05) is 17.1 Å². The Morgan fingerprint density at radius 2 is 1.76 bits per heavy atom. The van der Waals surface area contributed by atoms with Gasteiger partial charge in [-0.15, -0.1) is 0 Å². The molecule has 0 bridgehead atoms. The summed E-state index contributed by atoms with van der Waals surface area (Å²) in [5.74, 6) is 0. The van der Waals surface area contributed by atoms with E-state index in [1.54, 1.807) is 0 Å². The third kappa shape index (κ3) is 2.42. The molecule has 3 aromatic rings. The maximum atomic E-state index is 11.5. The second-order valence-corrected chi connectivity index (χ2v) is 5.23. The monoisotopic (exact) mass is 279 g/mol. The first-order chi connectivity index (χ1) is 10.1. The molecule has 3 nitrogen and oxygen atoms in total. The molecular formula is C18H17NO2. The molecule has 0 aliphatic heterocycles. The molecule has 1 heterocycles. The molecule has 1 aromatic heterocycles. The molecule has 0 saturated carbocycles. The maximum Gasteiger partial charge on any atom is 0.336 e. The van der Waals surface area contributed by atoms with Crippen molar-refractivity contribution < 1.29 is 4.42 Å². The van der Waals surface area contributed by atoms with Crippen LogP contribution >= 0.6 is 0 Å². The van der Waals surface area contributed by atoms with E-state index < -0.39 is 0 Å². The maximum absolute atomic E-state index is 11.5. The first kappa shape index (κ1) is 13.4. The lowest BCUT2D eigenvalue weighted by atomic mass is 9.99. The minimum atomic E-state index is -0.316. The van der Waals surface area contributed by atoms with Gasteiger partial charge < -0.3 is 10.2 Å². The Bertz CT molecular complexity index is 878. The van der Waals surface area contributed by atoms with Crippen LogP contribution in [0.3, 0.4) is 0 Å². The summed E-state index contributed by atoms with van der Waals surface area (Å²) >= 11 is 0. The van der Waals surface area contributed by atoms with Crippen LogP contribution in [0.5, 0.6) is 0 Å². The van der Waals surface area contributed by atoms with Gasteiger partial charge >= 0.3 is 5.63 Å². The molecule has 0 radical (unpaired) electrons. The van der Waals surface area contributed by atoms with Gasteiger partial charge in [0.1, 0.15) is 5.58 Å². The van der Waals surface area contributed by atoms with E-state index in [0.717, 1.165) is 39.7 Å². The number of hydrogen-bond donors (Lipinski definition) is 1. The van der Waals surface area contributed by atoms with E-state index >= 15 is 0 Å². The number of anilines is 1. The Morgan fingerprint density at radius 3 is 2.52 bits per heavy atom. The lowest BCUT2D eigenvalue weighted by Crippen LogP contribution is -1.98. The Kier molecular flexibility index (Phi) is 3.26. The standard InChI is InChI=1S/C18H17NO2/c1-3-12-9-13(5-7-16(12)19)14-4-6-15-11(2)8-18(20)21-17(15)10-14/h4-10H,3,19H2,1-2H3. The molecule has 106 valence electrons. The van der Waals surface area contributed by atoms with Crippen molar-refractivity contribution in [2.45, 2.75) is 20.3 Å². The first-order valence-electron chi connectivity index (χ1n) is 7.02. The van der Waals surface area contributed by atoms with Crippen LogP contribution in [0.2, 0.25) is 0 Å². The van der Waals surface area contributed by atoms with Gasteiger partial charge in [0.25, 0.3) is 0 Å². The van der Waals surface area contributed by atoms with Crippen molar-refractivity contribution in [1.29, 1.82) is 0 Å². The highest BCUT2D eigenvalue weighted by Gasteiger charge is 2.06. The predicted octanol–water partition coefficient (Wildman–Crippen LogP) is 3.91. The molecule has 0 aliphatic carbocycles. The minimum Gasteiger partial charge on any atom is -0.423 e. The predicted molar refractivity (Wildman–Crippen MR) is 86.4 cm³/mol. The van der Waals surface area contributed by atoms with Gasteiger partial charge in [0.2, 0.25) is 0 Å². The van der Waals surface area contributed by atoms with E-state index in [0.29, 0.717) is 5.58 Å². The van der Waals surface area contributed by atoms with E-state index in [9.17, 15) is 4.79 Å². The molecule has 0 aliphatic rings. The lowest BCUT2D eigenvalue weighted by molar-refractivity contribution is 0.560. The number of benzene rings is 2. The van der Waals surface area contributed by atoms with Crippen LogP contribution in [-0.2, 0) is 6.42 Å². The van der Waals surface area contributed by atoms with Gasteiger partial charge in [-0.05, 0) is 53.8 Å². The zero-order chi connectivity index (χ0) is 15.0. The lowest BCUT2D eigenvalue weighted by Gasteiger charge is -2.08. The normalized spacial score (nSPS) is 11.0. The first-order valence-corrected chi connectivity index (χ1v) is 7.02. The van der Waals surface area contributed by atoms with Crippen molar-refractivity contribution in [2.24, 2.45) is 0 Å². The van der Waals surface area contributed by atoms with Gasteiger partial charge in [-0.1, -0.05) is 25.1 Å². The van der Waals surface area contributed by atoms with Crippen molar-refractivity contribution in [3.8, 4) is 11.1 Å². The Labute approximate surface area is 123 Å². The fraction of sp³-hybridized carbons (Fsp3) is 0.167. The number of aryl methyl sites for hydroxylation is 2. The zero-order valence-electron chi connectivity index (χ0n) is 12.1. The molecule has 0 fully saturated rings. The van der Waals surface area contributed by atoms with E-state index in [1.807, 2.05) is 37.3 Å². The fourth-order valence-corrected chi connectivity index (χ4v) is 2.60. The van der Waals surface area contributed by atoms with Crippen LogP contribution in [-0.4, -0.2) is 0 Å². The van der Waals surface area contributed by atoms with Crippen LogP contribution in [0, 0.1) is 6.92 Å². The number of nitrogens with two attached hydrogens (primary N) is 1. The van der Waals surface area contributed by atoms with Crippen molar-refractivity contribution in [2.75, 3.05) is 5.73 Å². The highest BCUT2D eigenvalue weighted by molar-refractivity contribution is 5.85. The van der Waals surface area contributed by atoms with E-state index in [2.05, 4.69) is 13.0 Å². The molecule has 0 unspecified atom stereocenters. The summed E-state index contributed by atoms with van der Waals surface area (Å²) in [5, 5.41) is 0.963. The summed E-state index contributed by atoms with van der Waals surface area (Å²) in [5.41, 5.74) is 11.2. The van der Waals surface area contributed by atoms with Gasteiger partial charge in [0.15, 0.2) is 0 Å². The fourth-order valence-electron chi connectivity index (χ4n) is 2.60. The van der Waals surface area contributed by atoms with Gasteiger partial charge in [-0.2, -0.15) is 0 Å². The molecule has 3 heteroatoms. The minimum absolute atomic E-state index is 0.316. The highest BCUT2D eigenvalue weighted by Crippen LogP contribution is 2.27. The van der Waals surface area contributed by atoms with E-state index in [4.69, 9.17) is 10.2 Å². The Balaban J connectivity index is 2.19. The molecule has 3 rings (SSSR count). The van der Waals surface area contributed by atoms with E-state index in [-0.39, 0.29) is 5.63 Å². The summed E-state index contributed by atoms with van der Waals surface area (Å²) in [4.78, 5) is 11.5. The zero-order valence-corrected chi connectivity index (χ0v) is 12.1. The van der Waals surface area contributed by atoms with Gasteiger partial charge in [-0.3, -0.25) is 0 Å². The summed E-state index contributed by atoms with van der Waals surface area (Å²) in [7, 11) is 0. The summed E-state index contributed by atoms with van der Waals surface area (Å²) in [6.45, 7) is 4.00. The molecule has 2 N–H and O–H groups in total. The van der Waals surface area contributed by atoms with Crippen LogP contribution in [0.15, 0.2) is 51.7 Å².